The summed E-state index contributed by atoms with van der Waals surface area (Å²) in [6, 6.07) is 11.3. The molecule has 0 amide bonds. The van der Waals surface area contributed by atoms with Gasteiger partial charge < -0.3 is 5.73 Å². The van der Waals surface area contributed by atoms with Gasteiger partial charge in [0.15, 0.2) is 0 Å². The van der Waals surface area contributed by atoms with Crippen molar-refractivity contribution in [1.82, 2.24) is 0 Å². The zero-order valence-corrected chi connectivity index (χ0v) is 12.5. The highest BCUT2D eigenvalue weighted by Gasteiger charge is 2.09. The molecule has 88 valence electrons. The van der Waals surface area contributed by atoms with Gasteiger partial charge in [0.05, 0.1) is 10.0 Å². The Morgan fingerprint density at radius 1 is 1.06 bits per heavy atom. The van der Waals surface area contributed by atoms with E-state index in [0.717, 1.165) is 14.3 Å². The van der Waals surface area contributed by atoms with Gasteiger partial charge in [0.2, 0.25) is 0 Å². The Labute approximate surface area is 122 Å². The molecule has 0 aliphatic rings. The number of benzene rings is 2. The summed E-state index contributed by atoms with van der Waals surface area (Å²) in [4.78, 5) is 1.88. The SMILES string of the molecule is Nc1cc(Cl)c(Sc2cccc(Br)c2)c(Cl)c1. The molecule has 0 unspecified atom stereocenters. The maximum atomic E-state index is 6.13. The molecule has 0 aromatic heterocycles. The second-order valence-electron chi connectivity index (χ2n) is 3.37. The van der Waals surface area contributed by atoms with Gasteiger partial charge in [-0.25, -0.2) is 0 Å². The van der Waals surface area contributed by atoms with Crippen LogP contribution < -0.4 is 5.73 Å². The third-order valence-corrected chi connectivity index (χ3v) is 4.48. The van der Waals surface area contributed by atoms with E-state index in [0.29, 0.717) is 15.7 Å². The Morgan fingerprint density at radius 2 is 1.71 bits per heavy atom. The minimum absolute atomic E-state index is 0.568. The highest BCUT2D eigenvalue weighted by atomic mass is 79.9. The predicted molar refractivity (Wildman–Crippen MR) is 79.1 cm³/mol. The van der Waals surface area contributed by atoms with E-state index in [9.17, 15) is 0 Å². The van der Waals surface area contributed by atoms with Crippen LogP contribution in [-0.2, 0) is 0 Å². The van der Waals surface area contributed by atoms with Crippen molar-refractivity contribution in [3.8, 4) is 0 Å². The molecule has 0 heterocycles. The van der Waals surface area contributed by atoms with Gasteiger partial charge in [-0.05, 0) is 30.3 Å². The first-order valence-electron chi connectivity index (χ1n) is 4.74. The highest BCUT2D eigenvalue weighted by Crippen LogP contribution is 2.40. The summed E-state index contributed by atoms with van der Waals surface area (Å²) >= 11 is 17.2. The second kappa shape index (κ2) is 5.53. The van der Waals surface area contributed by atoms with Crippen LogP contribution in [0.1, 0.15) is 0 Å². The summed E-state index contributed by atoms with van der Waals surface area (Å²) in [5.74, 6) is 0. The van der Waals surface area contributed by atoms with Crippen molar-refractivity contribution in [2.45, 2.75) is 9.79 Å². The Balaban J connectivity index is 2.36. The molecule has 0 saturated carbocycles. The molecule has 0 bridgehead atoms. The lowest BCUT2D eigenvalue weighted by Gasteiger charge is -2.08. The molecule has 5 heteroatoms. The molecular formula is C12H8BrCl2NS. The Bertz CT molecular complexity index is 537. The lowest BCUT2D eigenvalue weighted by molar-refractivity contribution is 1.39. The lowest BCUT2D eigenvalue weighted by Crippen LogP contribution is -1.86. The normalized spacial score (nSPS) is 10.5. The first-order chi connectivity index (χ1) is 8.06. The van der Waals surface area contributed by atoms with Crippen LogP contribution in [0.4, 0.5) is 5.69 Å². The fourth-order valence-corrected chi connectivity index (χ4v) is 3.49. The van der Waals surface area contributed by atoms with Gasteiger partial charge in [0, 0.05) is 20.0 Å². The van der Waals surface area contributed by atoms with Gasteiger partial charge in [0.1, 0.15) is 0 Å². The molecule has 0 aliphatic carbocycles. The lowest BCUT2D eigenvalue weighted by atomic mass is 10.3. The second-order valence-corrected chi connectivity index (χ2v) is 6.19. The van der Waals surface area contributed by atoms with Crippen molar-refractivity contribution in [2.75, 3.05) is 5.73 Å². The minimum atomic E-state index is 0.568. The summed E-state index contributed by atoms with van der Waals surface area (Å²) in [5.41, 5.74) is 6.23. The molecule has 2 rings (SSSR count). The van der Waals surface area contributed by atoms with Crippen LogP contribution in [0.2, 0.25) is 10.0 Å². The van der Waals surface area contributed by atoms with Gasteiger partial charge >= 0.3 is 0 Å². The smallest absolute Gasteiger partial charge is 0.0581 e. The van der Waals surface area contributed by atoms with E-state index in [1.165, 1.54) is 11.8 Å². The monoisotopic (exact) mass is 347 g/mol. The van der Waals surface area contributed by atoms with E-state index in [1.807, 2.05) is 24.3 Å². The summed E-state index contributed by atoms with van der Waals surface area (Å²) < 4.78 is 1.02. The zero-order valence-electron chi connectivity index (χ0n) is 8.58. The third-order valence-electron chi connectivity index (χ3n) is 2.04. The number of hydrogen-bond donors (Lipinski definition) is 1. The standard InChI is InChI=1S/C12H8BrCl2NS/c13-7-2-1-3-9(4-7)17-12-10(14)5-8(16)6-11(12)15/h1-6H,16H2. The Kier molecular flexibility index (Phi) is 4.26. The maximum absolute atomic E-state index is 6.13. The largest absolute Gasteiger partial charge is 0.399 e. The average Bonchev–Trinajstić information content (AvgIpc) is 2.23. The topological polar surface area (TPSA) is 26.0 Å². The molecule has 1 nitrogen and oxygen atoms in total. The number of nitrogens with two attached hydrogens (primary N) is 1. The molecule has 0 spiro atoms. The van der Waals surface area contributed by atoms with Crippen LogP contribution in [-0.4, -0.2) is 0 Å². The highest BCUT2D eigenvalue weighted by molar-refractivity contribution is 9.10. The van der Waals surface area contributed by atoms with Crippen molar-refractivity contribution in [2.24, 2.45) is 0 Å². The van der Waals surface area contributed by atoms with E-state index in [1.54, 1.807) is 12.1 Å². The minimum Gasteiger partial charge on any atom is -0.399 e. The fourth-order valence-electron chi connectivity index (χ4n) is 1.33. The van der Waals surface area contributed by atoms with Crippen molar-refractivity contribution in [3.63, 3.8) is 0 Å². The van der Waals surface area contributed by atoms with Crippen LogP contribution in [0.15, 0.2) is 50.7 Å². The van der Waals surface area contributed by atoms with E-state index in [2.05, 4.69) is 15.9 Å². The number of anilines is 1. The molecular weight excluding hydrogens is 341 g/mol. The predicted octanol–water partition coefficient (Wildman–Crippen LogP) is 5.49. The molecule has 0 aliphatic heterocycles. The van der Waals surface area contributed by atoms with Gasteiger partial charge in [0.25, 0.3) is 0 Å². The molecule has 2 aromatic carbocycles. The number of hydrogen-bond acceptors (Lipinski definition) is 2. The average molecular weight is 349 g/mol. The first kappa shape index (κ1) is 13.1. The molecule has 0 radical (unpaired) electrons. The fraction of sp³-hybridized carbons (Fsp3) is 0. The van der Waals surface area contributed by atoms with E-state index in [4.69, 9.17) is 28.9 Å². The van der Waals surface area contributed by atoms with E-state index in [-0.39, 0.29) is 0 Å². The van der Waals surface area contributed by atoms with Crippen molar-refractivity contribution < 1.29 is 0 Å². The molecule has 2 aromatic rings. The van der Waals surface area contributed by atoms with Crippen molar-refractivity contribution >= 4 is 56.6 Å². The van der Waals surface area contributed by atoms with Gasteiger partial charge in [-0.1, -0.05) is 57.0 Å². The van der Waals surface area contributed by atoms with Crippen molar-refractivity contribution in [1.29, 1.82) is 0 Å². The first-order valence-corrected chi connectivity index (χ1v) is 7.11. The molecule has 2 N–H and O–H groups in total. The van der Waals surface area contributed by atoms with Crippen LogP contribution in [0.3, 0.4) is 0 Å². The van der Waals surface area contributed by atoms with Crippen LogP contribution in [0.5, 0.6) is 0 Å². The third kappa shape index (κ3) is 3.32. The van der Waals surface area contributed by atoms with Crippen LogP contribution >= 0.6 is 50.9 Å². The van der Waals surface area contributed by atoms with Gasteiger partial charge in [-0.15, -0.1) is 0 Å². The van der Waals surface area contributed by atoms with Crippen LogP contribution in [0.25, 0.3) is 0 Å². The number of nitrogen functional groups attached to an aromatic ring is 1. The van der Waals surface area contributed by atoms with Crippen LogP contribution in [0, 0.1) is 0 Å². The van der Waals surface area contributed by atoms with Crippen molar-refractivity contribution in [3.05, 3.63) is 50.9 Å². The van der Waals surface area contributed by atoms with Gasteiger partial charge in [-0.2, -0.15) is 0 Å². The number of halogens is 3. The quantitative estimate of drug-likeness (QED) is 0.726. The molecule has 0 fully saturated rings. The summed E-state index contributed by atoms with van der Waals surface area (Å²) in [6.07, 6.45) is 0. The summed E-state index contributed by atoms with van der Waals surface area (Å²) in [7, 11) is 0. The van der Waals surface area contributed by atoms with E-state index >= 15 is 0 Å². The molecule has 0 atom stereocenters. The maximum Gasteiger partial charge on any atom is 0.0581 e. The molecule has 17 heavy (non-hydrogen) atoms. The Hall–Kier alpha value is -0.350. The summed E-state index contributed by atoms with van der Waals surface area (Å²) in [5, 5.41) is 1.14. The summed E-state index contributed by atoms with van der Waals surface area (Å²) in [6.45, 7) is 0. The Morgan fingerprint density at radius 3 is 2.29 bits per heavy atom. The van der Waals surface area contributed by atoms with E-state index < -0.39 is 0 Å². The molecule has 0 saturated heterocycles. The number of rotatable bonds is 2. The zero-order chi connectivity index (χ0) is 12.4. The van der Waals surface area contributed by atoms with Gasteiger partial charge in [-0.3, -0.25) is 0 Å².